The molecule has 2 rings (SSSR count). The molecule has 18 heavy (non-hydrogen) atoms. The fraction of sp³-hybridized carbons (Fsp3) is 0.286. The van der Waals surface area contributed by atoms with E-state index in [-0.39, 0.29) is 0 Å². The topological polar surface area (TPSA) is 35.0 Å². The van der Waals surface area contributed by atoms with E-state index in [1.807, 2.05) is 36.8 Å². The summed E-state index contributed by atoms with van der Waals surface area (Å²) in [5.41, 5.74) is 2.39. The highest BCUT2D eigenvalue weighted by Crippen LogP contribution is 2.10. The molecular weight excluding hydrogens is 292 g/mol. The lowest BCUT2D eigenvalue weighted by atomic mass is 10.1. The molecule has 0 aliphatic heterocycles. The van der Waals surface area contributed by atoms with Crippen LogP contribution in [-0.4, -0.2) is 16.6 Å². The second kappa shape index (κ2) is 7.24. The van der Waals surface area contributed by atoms with Gasteiger partial charge in [-0.3, -0.25) is 9.97 Å². The van der Waals surface area contributed by atoms with E-state index < -0.39 is 0 Å². The van der Waals surface area contributed by atoms with Gasteiger partial charge in [-0.05, 0) is 58.1 Å². The van der Waals surface area contributed by atoms with Gasteiger partial charge >= 0.3 is 0 Å². The Labute approximate surface area is 115 Å². The number of hydrogen-bond acceptors (Lipinski definition) is 3. The molecule has 0 radical (unpaired) electrons. The minimum atomic E-state index is 0.614. The Morgan fingerprint density at radius 1 is 1.06 bits per heavy atom. The van der Waals surface area contributed by atoms with E-state index in [0.717, 1.165) is 29.5 Å². The molecule has 2 aromatic heterocycles. The summed E-state index contributed by atoms with van der Waals surface area (Å²) < 4.78 is 6.61. The monoisotopic (exact) mass is 306 g/mol. The molecule has 0 atom stereocenters. The first kappa shape index (κ1) is 13.2. The number of aryl methyl sites for hydroxylation is 1. The highest BCUT2D eigenvalue weighted by Gasteiger charge is 1.96. The largest absolute Gasteiger partial charge is 0.377 e. The zero-order valence-electron chi connectivity index (χ0n) is 10.1. The van der Waals surface area contributed by atoms with Gasteiger partial charge in [0.2, 0.25) is 0 Å². The van der Waals surface area contributed by atoms with E-state index in [4.69, 9.17) is 4.74 Å². The van der Waals surface area contributed by atoms with Crippen LogP contribution in [0, 0.1) is 0 Å². The maximum absolute atomic E-state index is 5.62. The fourth-order valence-corrected chi connectivity index (χ4v) is 2.06. The standard InChI is InChI=1S/C14H15BrN2O/c15-14-8-13(9-17-10-14)11-18-7-1-2-12-3-5-16-6-4-12/h3-6,8-10H,1-2,7,11H2. The summed E-state index contributed by atoms with van der Waals surface area (Å²) in [5, 5.41) is 0. The van der Waals surface area contributed by atoms with Crippen LogP contribution < -0.4 is 0 Å². The van der Waals surface area contributed by atoms with Crippen LogP contribution in [0.4, 0.5) is 0 Å². The third kappa shape index (κ3) is 4.55. The quantitative estimate of drug-likeness (QED) is 0.767. The molecule has 0 spiro atoms. The zero-order chi connectivity index (χ0) is 12.6. The lowest BCUT2D eigenvalue weighted by Gasteiger charge is -2.04. The highest BCUT2D eigenvalue weighted by atomic mass is 79.9. The van der Waals surface area contributed by atoms with Crippen molar-refractivity contribution in [2.24, 2.45) is 0 Å². The second-order valence-corrected chi connectivity index (χ2v) is 4.94. The van der Waals surface area contributed by atoms with Gasteiger partial charge in [-0.15, -0.1) is 0 Å². The van der Waals surface area contributed by atoms with Crippen LogP contribution in [0.25, 0.3) is 0 Å². The summed E-state index contributed by atoms with van der Waals surface area (Å²) in [5.74, 6) is 0. The predicted molar refractivity (Wildman–Crippen MR) is 74.2 cm³/mol. The maximum atomic E-state index is 5.62. The minimum absolute atomic E-state index is 0.614. The first-order valence-electron chi connectivity index (χ1n) is 5.90. The van der Waals surface area contributed by atoms with Gasteiger partial charge in [0.25, 0.3) is 0 Å². The van der Waals surface area contributed by atoms with Crippen molar-refractivity contribution in [1.82, 2.24) is 9.97 Å². The number of ether oxygens (including phenoxy) is 1. The van der Waals surface area contributed by atoms with Crippen LogP contribution in [0.15, 0.2) is 47.5 Å². The Hall–Kier alpha value is -1.26. The van der Waals surface area contributed by atoms with Crippen LogP contribution in [0.5, 0.6) is 0 Å². The van der Waals surface area contributed by atoms with Gasteiger partial charge in [-0.1, -0.05) is 0 Å². The van der Waals surface area contributed by atoms with Crippen LogP contribution in [0.1, 0.15) is 17.5 Å². The number of rotatable bonds is 6. The lowest BCUT2D eigenvalue weighted by Crippen LogP contribution is -1.98. The molecule has 0 aromatic carbocycles. The fourth-order valence-electron chi connectivity index (χ4n) is 1.65. The molecule has 0 N–H and O–H groups in total. The van der Waals surface area contributed by atoms with E-state index in [0.29, 0.717) is 6.61 Å². The highest BCUT2D eigenvalue weighted by molar-refractivity contribution is 9.10. The van der Waals surface area contributed by atoms with E-state index in [1.54, 1.807) is 6.20 Å². The van der Waals surface area contributed by atoms with Crippen molar-refractivity contribution in [3.8, 4) is 0 Å². The van der Waals surface area contributed by atoms with Gasteiger partial charge in [-0.2, -0.15) is 0 Å². The molecule has 0 saturated heterocycles. The van der Waals surface area contributed by atoms with Crippen molar-refractivity contribution in [2.45, 2.75) is 19.4 Å². The lowest BCUT2D eigenvalue weighted by molar-refractivity contribution is 0.118. The smallest absolute Gasteiger partial charge is 0.0732 e. The van der Waals surface area contributed by atoms with Gasteiger partial charge in [0.05, 0.1) is 6.61 Å². The number of pyridine rings is 2. The molecule has 0 aliphatic carbocycles. The molecular formula is C14H15BrN2O. The normalized spacial score (nSPS) is 10.5. The van der Waals surface area contributed by atoms with Gasteiger partial charge in [0, 0.05) is 35.9 Å². The van der Waals surface area contributed by atoms with E-state index in [9.17, 15) is 0 Å². The molecule has 94 valence electrons. The summed E-state index contributed by atoms with van der Waals surface area (Å²) in [7, 11) is 0. The summed E-state index contributed by atoms with van der Waals surface area (Å²) in [6.07, 6.45) is 9.29. The molecule has 0 saturated carbocycles. The van der Waals surface area contributed by atoms with Gasteiger partial charge in [0.1, 0.15) is 0 Å². The van der Waals surface area contributed by atoms with Crippen LogP contribution in [0.2, 0.25) is 0 Å². The first-order valence-corrected chi connectivity index (χ1v) is 6.70. The molecule has 2 heterocycles. The summed E-state index contributed by atoms with van der Waals surface area (Å²) in [6, 6.07) is 6.10. The number of halogens is 1. The summed E-state index contributed by atoms with van der Waals surface area (Å²) >= 11 is 3.39. The van der Waals surface area contributed by atoms with Crippen molar-refractivity contribution >= 4 is 15.9 Å². The van der Waals surface area contributed by atoms with Crippen molar-refractivity contribution in [3.05, 3.63) is 58.6 Å². The molecule has 0 aliphatic rings. The van der Waals surface area contributed by atoms with Crippen molar-refractivity contribution in [2.75, 3.05) is 6.61 Å². The SMILES string of the molecule is Brc1cncc(COCCCc2ccncc2)c1. The average molecular weight is 307 g/mol. The van der Waals surface area contributed by atoms with E-state index in [1.165, 1.54) is 5.56 Å². The second-order valence-electron chi connectivity index (χ2n) is 4.02. The molecule has 2 aromatic rings. The van der Waals surface area contributed by atoms with E-state index >= 15 is 0 Å². The average Bonchev–Trinajstić information content (AvgIpc) is 2.40. The van der Waals surface area contributed by atoms with Gasteiger partial charge in [0.15, 0.2) is 0 Å². The summed E-state index contributed by atoms with van der Waals surface area (Å²) in [6.45, 7) is 1.37. The first-order chi connectivity index (χ1) is 8.84. The van der Waals surface area contributed by atoms with Crippen LogP contribution >= 0.6 is 15.9 Å². The molecule has 0 unspecified atom stereocenters. The molecule has 0 fully saturated rings. The molecule has 4 heteroatoms. The Balaban J connectivity index is 1.65. The van der Waals surface area contributed by atoms with Gasteiger partial charge in [-0.25, -0.2) is 0 Å². The van der Waals surface area contributed by atoms with Crippen LogP contribution in [0.3, 0.4) is 0 Å². The summed E-state index contributed by atoms with van der Waals surface area (Å²) in [4.78, 5) is 8.09. The zero-order valence-corrected chi connectivity index (χ0v) is 11.6. The molecule has 0 amide bonds. The van der Waals surface area contributed by atoms with Crippen molar-refractivity contribution in [1.29, 1.82) is 0 Å². The minimum Gasteiger partial charge on any atom is -0.377 e. The predicted octanol–water partition coefficient (Wildman–Crippen LogP) is 3.39. The molecule has 0 bridgehead atoms. The Kier molecular flexibility index (Phi) is 5.30. The number of hydrogen-bond donors (Lipinski definition) is 0. The maximum Gasteiger partial charge on any atom is 0.0732 e. The number of nitrogens with zero attached hydrogens (tertiary/aromatic N) is 2. The molecule has 3 nitrogen and oxygen atoms in total. The van der Waals surface area contributed by atoms with Crippen molar-refractivity contribution in [3.63, 3.8) is 0 Å². The van der Waals surface area contributed by atoms with Crippen LogP contribution in [-0.2, 0) is 17.8 Å². The third-order valence-electron chi connectivity index (χ3n) is 2.53. The van der Waals surface area contributed by atoms with E-state index in [2.05, 4.69) is 25.9 Å². The number of aromatic nitrogens is 2. The Morgan fingerprint density at radius 2 is 1.89 bits per heavy atom. The van der Waals surface area contributed by atoms with Crippen molar-refractivity contribution < 1.29 is 4.74 Å². The Bertz CT molecular complexity index is 476. The third-order valence-corrected chi connectivity index (χ3v) is 2.97. The Morgan fingerprint density at radius 3 is 2.67 bits per heavy atom. The van der Waals surface area contributed by atoms with Gasteiger partial charge < -0.3 is 4.74 Å².